The number of allylic oxidation sites excluding steroid dienone is 1. The number of hydrogen-bond acceptors (Lipinski definition) is 2. The fourth-order valence-electron chi connectivity index (χ4n) is 2.67. The first-order chi connectivity index (χ1) is 11.0. The van der Waals surface area contributed by atoms with Gasteiger partial charge in [-0.05, 0) is 43.4 Å². The van der Waals surface area contributed by atoms with Crippen LogP contribution >= 0.6 is 11.6 Å². The molecule has 0 aromatic heterocycles. The zero-order valence-corrected chi connectivity index (χ0v) is 13.4. The number of carbonyl (C=O) groups excluding carboxylic acids is 1. The van der Waals surface area contributed by atoms with Gasteiger partial charge in [-0.3, -0.25) is 9.59 Å². The Kier molecular flexibility index (Phi) is 6.16. The summed E-state index contributed by atoms with van der Waals surface area (Å²) in [6.45, 7) is 0. The van der Waals surface area contributed by atoms with Crippen molar-refractivity contribution in [3.63, 3.8) is 0 Å². The van der Waals surface area contributed by atoms with E-state index >= 15 is 0 Å². The molecule has 2 N–H and O–H groups in total. The fourth-order valence-corrected chi connectivity index (χ4v) is 2.79. The van der Waals surface area contributed by atoms with Crippen LogP contribution in [-0.4, -0.2) is 17.0 Å². The molecule has 0 radical (unpaired) electrons. The number of amides is 1. The van der Waals surface area contributed by atoms with Crippen molar-refractivity contribution in [2.45, 2.75) is 44.6 Å². The van der Waals surface area contributed by atoms with Crippen molar-refractivity contribution in [2.24, 2.45) is 0 Å². The summed E-state index contributed by atoms with van der Waals surface area (Å²) in [5, 5.41) is 11.7. The lowest BCUT2D eigenvalue weighted by Crippen LogP contribution is -2.30. The molecule has 1 aromatic carbocycles. The Labute approximate surface area is 139 Å². The van der Waals surface area contributed by atoms with Gasteiger partial charge in [-0.25, -0.2) is 4.39 Å². The van der Waals surface area contributed by atoms with Gasteiger partial charge in [0.2, 0.25) is 5.91 Å². The van der Waals surface area contributed by atoms with Crippen LogP contribution in [-0.2, 0) is 9.59 Å². The van der Waals surface area contributed by atoms with Gasteiger partial charge in [0.1, 0.15) is 5.82 Å². The summed E-state index contributed by atoms with van der Waals surface area (Å²) in [6.07, 6.45) is 6.09. The highest BCUT2D eigenvalue weighted by Gasteiger charge is 2.20. The zero-order valence-electron chi connectivity index (χ0n) is 12.6. The van der Waals surface area contributed by atoms with Gasteiger partial charge in [-0.2, -0.15) is 0 Å². The van der Waals surface area contributed by atoms with Crippen molar-refractivity contribution in [1.29, 1.82) is 0 Å². The lowest BCUT2D eigenvalue weighted by atomic mass is 9.96. The Morgan fingerprint density at radius 2 is 2.13 bits per heavy atom. The molecule has 0 fully saturated rings. The summed E-state index contributed by atoms with van der Waals surface area (Å²) < 4.78 is 13.6. The van der Waals surface area contributed by atoms with Crippen molar-refractivity contribution in [3.05, 3.63) is 46.3 Å². The number of halogens is 2. The maximum absolute atomic E-state index is 13.6. The monoisotopic (exact) mass is 339 g/mol. The molecule has 1 atom stereocenters. The molecule has 0 saturated carbocycles. The Morgan fingerprint density at radius 1 is 1.35 bits per heavy atom. The Bertz CT molecular complexity index is 630. The summed E-state index contributed by atoms with van der Waals surface area (Å²) in [5.74, 6) is -1.95. The molecule has 0 spiro atoms. The summed E-state index contributed by atoms with van der Waals surface area (Å²) in [7, 11) is 0. The number of nitrogens with one attached hydrogen (secondary N) is 1. The van der Waals surface area contributed by atoms with E-state index in [-0.39, 0.29) is 23.8 Å². The van der Waals surface area contributed by atoms with E-state index < -0.39 is 17.8 Å². The second-order valence-corrected chi connectivity index (χ2v) is 6.08. The molecule has 1 amide bonds. The molecule has 4 nitrogen and oxygen atoms in total. The second-order valence-electron chi connectivity index (χ2n) is 5.68. The summed E-state index contributed by atoms with van der Waals surface area (Å²) in [5.41, 5.74) is 1.46. The molecule has 1 aliphatic carbocycles. The largest absolute Gasteiger partial charge is 0.481 e. The van der Waals surface area contributed by atoms with Crippen molar-refractivity contribution >= 4 is 23.5 Å². The predicted octanol–water partition coefficient (Wildman–Crippen LogP) is 4.00. The van der Waals surface area contributed by atoms with Crippen LogP contribution in [0.5, 0.6) is 0 Å². The number of hydrogen-bond donors (Lipinski definition) is 2. The molecule has 0 saturated heterocycles. The third-order valence-corrected chi connectivity index (χ3v) is 4.14. The van der Waals surface area contributed by atoms with Crippen LogP contribution in [0.25, 0.3) is 0 Å². The molecule has 23 heavy (non-hydrogen) atoms. The van der Waals surface area contributed by atoms with Crippen molar-refractivity contribution in [3.8, 4) is 0 Å². The predicted molar refractivity (Wildman–Crippen MR) is 85.7 cm³/mol. The van der Waals surface area contributed by atoms with E-state index in [9.17, 15) is 14.0 Å². The lowest BCUT2D eigenvalue weighted by Gasteiger charge is -2.19. The number of rotatable bonds is 6. The Hall–Kier alpha value is -1.88. The summed E-state index contributed by atoms with van der Waals surface area (Å²) in [4.78, 5) is 23.2. The van der Waals surface area contributed by atoms with Crippen LogP contribution in [0.4, 0.5) is 4.39 Å². The van der Waals surface area contributed by atoms with Crippen molar-refractivity contribution < 1.29 is 19.1 Å². The maximum atomic E-state index is 13.6. The molecule has 0 bridgehead atoms. The number of benzene rings is 1. The highest BCUT2D eigenvalue weighted by atomic mass is 35.5. The number of carboxylic acids is 1. The minimum absolute atomic E-state index is 0.0403. The number of carboxylic acid groups (broad SMARTS) is 1. The molecule has 124 valence electrons. The topological polar surface area (TPSA) is 66.4 Å². The van der Waals surface area contributed by atoms with Gasteiger partial charge in [0, 0.05) is 6.42 Å². The fraction of sp³-hybridized carbons (Fsp3) is 0.412. The van der Waals surface area contributed by atoms with Gasteiger partial charge in [0.25, 0.3) is 0 Å². The Balaban J connectivity index is 2.08. The minimum atomic E-state index is -1.07. The smallest absolute Gasteiger partial charge is 0.305 e. The van der Waals surface area contributed by atoms with E-state index in [0.29, 0.717) is 5.56 Å². The van der Waals surface area contributed by atoms with Crippen LogP contribution in [0.3, 0.4) is 0 Å². The highest BCUT2D eigenvalue weighted by molar-refractivity contribution is 6.30. The zero-order chi connectivity index (χ0) is 16.8. The standard InChI is InChI=1S/C17H19ClFNO3/c18-13-7-6-12(9-14(13)19)15(10-17(22)23)20-16(21)8-11-4-2-1-3-5-11/h4,6-7,9,15H,1-3,5,8,10H2,(H,20,21)(H,22,23). The normalized spacial score (nSPS) is 15.7. The van der Waals surface area contributed by atoms with E-state index in [1.807, 2.05) is 0 Å². The van der Waals surface area contributed by atoms with Gasteiger partial charge in [-0.15, -0.1) is 0 Å². The van der Waals surface area contributed by atoms with Crippen molar-refractivity contribution in [2.75, 3.05) is 0 Å². The molecule has 6 heteroatoms. The molecule has 1 aromatic rings. The Morgan fingerprint density at radius 3 is 2.74 bits per heavy atom. The van der Waals surface area contributed by atoms with E-state index in [1.165, 1.54) is 12.1 Å². The first kappa shape index (κ1) is 17.5. The van der Waals surface area contributed by atoms with Gasteiger partial charge in [0.15, 0.2) is 0 Å². The molecule has 1 aliphatic rings. The third kappa shape index (κ3) is 5.36. The van der Waals surface area contributed by atoms with E-state index in [0.717, 1.165) is 37.3 Å². The average molecular weight is 340 g/mol. The molecular weight excluding hydrogens is 321 g/mol. The first-order valence-electron chi connectivity index (χ1n) is 7.59. The SMILES string of the molecule is O=C(O)CC(NC(=O)CC1=CCCCC1)c1ccc(Cl)c(F)c1. The first-order valence-corrected chi connectivity index (χ1v) is 7.97. The van der Waals surface area contributed by atoms with Gasteiger partial charge < -0.3 is 10.4 Å². The van der Waals surface area contributed by atoms with Crippen LogP contribution < -0.4 is 5.32 Å². The van der Waals surface area contributed by atoms with E-state index in [4.69, 9.17) is 16.7 Å². The van der Waals surface area contributed by atoms with E-state index in [2.05, 4.69) is 11.4 Å². The second kappa shape index (κ2) is 8.11. The molecular formula is C17H19ClFNO3. The van der Waals surface area contributed by atoms with Crippen molar-refractivity contribution in [1.82, 2.24) is 5.32 Å². The van der Waals surface area contributed by atoms with Gasteiger partial charge >= 0.3 is 5.97 Å². The van der Waals surface area contributed by atoms with Crippen LogP contribution in [0.15, 0.2) is 29.8 Å². The van der Waals surface area contributed by atoms with Crippen LogP contribution in [0.1, 0.15) is 50.1 Å². The quantitative estimate of drug-likeness (QED) is 0.770. The number of aliphatic carboxylic acids is 1. The minimum Gasteiger partial charge on any atom is -0.481 e. The maximum Gasteiger partial charge on any atom is 0.305 e. The average Bonchev–Trinajstić information content (AvgIpc) is 2.50. The molecule has 1 unspecified atom stereocenters. The van der Waals surface area contributed by atoms with Gasteiger partial charge in [-0.1, -0.05) is 29.3 Å². The van der Waals surface area contributed by atoms with Crippen LogP contribution in [0.2, 0.25) is 5.02 Å². The lowest BCUT2D eigenvalue weighted by molar-refractivity contribution is -0.137. The third-order valence-electron chi connectivity index (χ3n) is 3.83. The molecule has 2 rings (SSSR count). The highest BCUT2D eigenvalue weighted by Crippen LogP contribution is 2.24. The molecule has 0 heterocycles. The van der Waals surface area contributed by atoms with Gasteiger partial charge in [0.05, 0.1) is 17.5 Å². The molecule has 0 aliphatic heterocycles. The number of carbonyl (C=O) groups is 2. The summed E-state index contributed by atoms with van der Waals surface area (Å²) >= 11 is 5.64. The van der Waals surface area contributed by atoms with Crippen LogP contribution in [0, 0.1) is 5.82 Å². The summed E-state index contributed by atoms with van der Waals surface area (Å²) in [6, 6.07) is 3.27. The van der Waals surface area contributed by atoms with E-state index in [1.54, 1.807) is 0 Å².